The molecular weight excluding hydrogens is 344 g/mol. The van der Waals surface area contributed by atoms with Crippen molar-refractivity contribution in [2.45, 2.75) is 20.3 Å². The second kappa shape index (κ2) is 8.03. The van der Waals surface area contributed by atoms with Gasteiger partial charge in [0.15, 0.2) is 5.78 Å². The summed E-state index contributed by atoms with van der Waals surface area (Å²) in [6.45, 7) is 4.27. The summed E-state index contributed by atoms with van der Waals surface area (Å²) in [5.74, 6) is -0.0818. The van der Waals surface area contributed by atoms with Crippen molar-refractivity contribution in [1.82, 2.24) is 0 Å². The fourth-order valence-electron chi connectivity index (χ4n) is 3.07. The molecule has 1 unspecified atom stereocenters. The van der Waals surface area contributed by atoms with Crippen LogP contribution in [0.25, 0.3) is 0 Å². The lowest BCUT2D eigenvalue weighted by molar-refractivity contribution is -0.122. The van der Waals surface area contributed by atoms with Gasteiger partial charge < -0.3 is 15.0 Å². The molecule has 0 bridgehead atoms. The largest absolute Gasteiger partial charge is 0.494 e. The molecule has 0 aromatic heterocycles. The summed E-state index contributed by atoms with van der Waals surface area (Å²) >= 11 is 0. The third-order valence-electron chi connectivity index (χ3n) is 4.49. The number of Topliss-reactive ketones (excluding diaryl/α,β-unsaturated/α-hetero) is 1. The number of benzene rings is 2. The van der Waals surface area contributed by atoms with E-state index in [4.69, 9.17) is 4.74 Å². The molecule has 3 rings (SSSR count). The lowest BCUT2D eigenvalue weighted by Gasteiger charge is -2.17. The van der Waals surface area contributed by atoms with Crippen LogP contribution in [0.5, 0.6) is 5.75 Å². The zero-order valence-corrected chi connectivity index (χ0v) is 15.4. The van der Waals surface area contributed by atoms with E-state index in [-0.39, 0.29) is 24.0 Å². The molecule has 140 valence electrons. The van der Waals surface area contributed by atoms with E-state index in [0.717, 1.165) is 5.75 Å². The van der Waals surface area contributed by atoms with E-state index in [9.17, 15) is 14.4 Å². The maximum absolute atomic E-state index is 12.5. The molecule has 6 nitrogen and oxygen atoms in total. The second-order valence-electron chi connectivity index (χ2n) is 6.46. The highest BCUT2D eigenvalue weighted by Gasteiger charge is 2.35. The van der Waals surface area contributed by atoms with Crippen molar-refractivity contribution in [3.8, 4) is 5.75 Å². The molecule has 1 saturated heterocycles. The first-order valence-corrected chi connectivity index (χ1v) is 8.93. The van der Waals surface area contributed by atoms with Gasteiger partial charge in [0, 0.05) is 29.9 Å². The summed E-state index contributed by atoms with van der Waals surface area (Å²) in [4.78, 5) is 38.1. The quantitative estimate of drug-likeness (QED) is 0.796. The average molecular weight is 366 g/mol. The molecule has 1 aliphatic heterocycles. The first-order chi connectivity index (χ1) is 13.0. The number of anilines is 2. The number of rotatable bonds is 6. The Morgan fingerprint density at radius 3 is 2.59 bits per heavy atom. The highest BCUT2D eigenvalue weighted by Crippen LogP contribution is 2.27. The van der Waals surface area contributed by atoms with Gasteiger partial charge in [-0.05, 0) is 50.2 Å². The molecule has 27 heavy (non-hydrogen) atoms. The molecule has 1 N–H and O–H groups in total. The third kappa shape index (κ3) is 4.34. The molecule has 1 aliphatic rings. The Labute approximate surface area is 158 Å². The summed E-state index contributed by atoms with van der Waals surface area (Å²) in [6, 6.07) is 14.0. The Kier molecular flexibility index (Phi) is 5.54. The number of carbonyl (C=O) groups is 3. The van der Waals surface area contributed by atoms with E-state index in [2.05, 4.69) is 5.32 Å². The Morgan fingerprint density at radius 1 is 1.19 bits per heavy atom. The number of ketones is 1. The van der Waals surface area contributed by atoms with Crippen LogP contribution >= 0.6 is 0 Å². The molecule has 1 atom stereocenters. The van der Waals surface area contributed by atoms with Crippen molar-refractivity contribution in [2.75, 3.05) is 23.4 Å². The van der Waals surface area contributed by atoms with E-state index < -0.39 is 5.92 Å². The van der Waals surface area contributed by atoms with Crippen molar-refractivity contribution >= 4 is 29.0 Å². The predicted octanol–water partition coefficient (Wildman–Crippen LogP) is 3.28. The highest BCUT2D eigenvalue weighted by molar-refractivity contribution is 6.04. The van der Waals surface area contributed by atoms with Crippen molar-refractivity contribution < 1.29 is 19.1 Å². The molecule has 1 fully saturated rings. The van der Waals surface area contributed by atoms with Crippen LogP contribution in [0, 0.1) is 5.92 Å². The molecule has 2 aromatic rings. The standard InChI is InChI=1S/C21H22N2O4/c1-3-27-19-9-7-17(8-10-19)22-21(26)16-12-20(25)23(13-16)18-6-4-5-15(11-18)14(2)24/h4-11,16H,3,12-13H2,1-2H3,(H,22,26). The number of nitrogens with one attached hydrogen (secondary N) is 1. The number of ether oxygens (including phenoxy) is 1. The van der Waals surface area contributed by atoms with Gasteiger partial charge >= 0.3 is 0 Å². The van der Waals surface area contributed by atoms with Crippen LogP contribution in [0.1, 0.15) is 30.6 Å². The van der Waals surface area contributed by atoms with E-state index in [1.165, 1.54) is 6.92 Å². The molecule has 0 saturated carbocycles. The highest BCUT2D eigenvalue weighted by atomic mass is 16.5. The fourth-order valence-corrected chi connectivity index (χ4v) is 3.07. The van der Waals surface area contributed by atoms with Crippen LogP contribution in [-0.4, -0.2) is 30.7 Å². The summed E-state index contributed by atoms with van der Waals surface area (Å²) in [6.07, 6.45) is 0.146. The van der Waals surface area contributed by atoms with Crippen LogP contribution in [0.15, 0.2) is 48.5 Å². The Bertz CT molecular complexity index is 861. The van der Waals surface area contributed by atoms with Crippen LogP contribution in [-0.2, 0) is 9.59 Å². The first-order valence-electron chi connectivity index (χ1n) is 8.93. The maximum Gasteiger partial charge on any atom is 0.229 e. The summed E-state index contributed by atoms with van der Waals surface area (Å²) < 4.78 is 5.38. The lowest BCUT2D eigenvalue weighted by Crippen LogP contribution is -2.28. The molecule has 0 radical (unpaired) electrons. The van der Waals surface area contributed by atoms with Crippen molar-refractivity contribution in [1.29, 1.82) is 0 Å². The monoisotopic (exact) mass is 366 g/mol. The van der Waals surface area contributed by atoms with Crippen LogP contribution in [0.4, 0.5) is 11.4 Å². The maximum atomic E-state index is 12.5. The third-order valence-corrected chi connectivity index (χ3v) is 4.49. The van der Waals surface area contributed by atoms with E-state index >= 15 is 0 Å². The number of hydrogen-bond acceptors (Lipinski definition) is 4. The minimum Gasteiger partial charge on any atom is -0.494 e. The Morgan fingerprint density at radius 2 is 1.93 bits per heavy atom. The smallest absolute Gasteiger partial charge is 0.229 e. The molecule has 2 amide bonds. The van der Waals surface area contributed by atoms with Gasteiger partial charge in [0.25, 0.3) is 0 Å². The van der Waals surface area contributed by atoms with Gasteiger partial charge in [-0.1, -0.05) is 12.1 Å². The zero-order chi connectivity index (χ0) is 19.4. The SMILES string of the molecule is CCOc1ccc(NC(=O)C2CC(=O)N(c3cccc(C(C)=O)c3)C2)cc1. The van der Waals surface area contributed by atoms with Gasteiger partial charge in [-0.3, -0.25) is 14.4 Å². The number of nitrogens with zero attached hydrogens (tertiary/aromatic N) is 1. The summed E-state index contributed by atoms with van der Waals surface area (Å²) in [5.41, 5.74) is 1.85. The minimum absolute atomic E-state index is 0.0618. The molecule has 0 spiro atoms. The minimum atomic E-state index is -0.440. The Hall–Kier alpha value is -3.15. The Balaban J connectivity index is 1.66. The van der Waals surface area contributed by atoms with Crippen LogP contribution in [0.3, 0.4) is 0 Å². The molecule has 2 aromatic carbocycles. The van der Waals surface area contributed by atoms with Crippen LogP contribution < -0.4 is 15.0 Å². The molecule has 6 heteroatoms. The topological polar surface area (TPSA) is 75.7 Å². The van der Waals surface area contributed by atoms with Gasteiger partial charge in [-0.15, -0.1) is 0 Å². The van der Waals surface area contributed by atoms with Gasteiger partial charge in [0.1, 0.15) is 5.75 Å². The van der Waals surface area contributed by atoms with Crippen LogP contribution in [0.2, 0.25) is 0 Å². The van der Waals surface area contributed by atoms with Crippen molar-refractivity contribution in [3.63, 3.8) is 0 Å². The van der Waals surface area contributed by atoms with Crippen molar-refractivity contribution in [2.24, 2.45) is 5.92 Å². The molecular formula is C21H22N2O4. The number of amides is 2. The summed E-state index contributed by atoms with van der Waals surface area (Å²) in [5, 5.41) is 2.85. The molecule has 0 aliphatic carbocycles. The normalized spacial score (nSPS) is 16.3. The lowest BCUT2D eigenvalue weighted by atomic mass is 10.1. The fraction of sp³-hybridized carbons (Fsp3) is 0.286. The van der Waals surface area contributed by atoms with Gasteiger partial charge in [-0.25, -0.2) is 0 Å². The zero-order valence-electron chi connectivity index (χ0n) is 15.4. The van der Waals surface area contributed by atoms with E-state index in [1.807, 2.05) is 6.92 Å². The average Bonchev–Trinajstić information content (AvgIpc) is 3.05. The predicted molar refractivity (Wildman–Crippen MR) is 103 cm³/mol. The van der Waals surface area contributed by atoms with Gasteiger partial charge in [0.05, 0.1) is 12.5 Å². The molecule has 1 heterocycles. The van der Waals surface area contributed by atoms with Crippen molar-refractivity contribution in [3.05, 3.63) is 54.1 Å². The van der Waals surface area contributed by atoms with E-state index in [1.54, 1.807) is 53.4 Å². The summed E-state index contributed by atoms with van der Waals surface area (Å²) in [7, 11) is 0. The number of carbonyl (C=O) groups excluding carboxylic acids is 3. The second-order valence-corrected chi connectivity index (χ2v) is 6.46. The number of hydrogen-bond donors (Lipinski definition) is 1. The van der Waals surface area contributed by atoms with Gasteiger partial charge in [-0.2, -0.15) is 0 Å². The van der Waals surface area contributed by atoms with Gasteiger partial charge in [0.2, 0.25) is 11.8 Å². The van der Waals surface area contributed by atoms with E-state index in [0.29, 0.717) is 30.1 Å². The first kappa shape index (κ1) is 18.6.